The van der Waals surface area contributed by atoms with Crippen LogP contribution in [0.1, 0.15) is 360 Å². The van der Waals surface area contributed by atoms with Gasteiger partial charge in [-0.3, -0.25) is 9.78 Å². The third-order valence-electron chi connectivity index (χ3n) is 30.0. The molecule has 2 atom stereocenters. The van der Waals surface area contributed by atoms with Crippen molar-refractivity contribution in [3.8, 4) is 11.5 Å². The Hall–Kier alpha value is -7.83. The zero-order valence-electron chi connectivity index (χ0n) is 96.0. The number of morpholine rings is 1. The molecule has 8 aliphatic rings. The van der Waals surface area contributed by atoms with E-state index in [0.717, 1.165) is 189 Å². The summed E-state index contributed by atoms with van der Waals surface area (Å²) in [5, 5.41) is 0. The highest BCUT2D eigenvalue weighted by atomic mass is 19.1. The summed E-state index contributed by atoms with van der Waals surface area (Å²) < 4.78 is 68.7. The summed E-state index contributed by atoms with van der Waals surface area (Å²) in [4.78, 5) is 21.1. The average Bonchev–Trinajstić information content (AvgIpc) is 0.813. The minimum atomic E-state index is -0.129. The SMILES string of the molecule is CC(C)(C)c1cc(CC2CCOCC2)ccc1F.CC(C)(C)c1cc(CC2CCOCC2)ccn1.CC(C)(C)c1ccc(OC2CCOCC2)cc1.CC(C)(C)c1cccc(C(=O)N2CCOCC2)c1.CC(Cc1cccc(C(C)(C)C)c1)C1CCOCC1.CC1(C)CC(Cc2cccc(C(C)(C)C)c2)CCO1.CN(c1cccc(C(C)(C)C)c1)C1CCOCC1.COc1cc(CC2CCOCC2)cc(C(C)(C)C)c1. The van der Waals surface area contributed by atoms with Crippen LogP contribution in [0.2, 0.25) is 0 Å². The molecule has 0 saturated carbocycles. The molecule has 16 rings (SSSR count). The number of hydrogen-bond acceptors (Lipinski definition) is 13. The molecule has 0 bridgehead atoms. The molecule has 0 aliphatic carbocycles. The summed E-state index contributed by atoms with van der Waals surface area (Å²) in [6, 6.07) is 61.0. The monoisotopic (exact) mass is 1990 g/mol. The lowest BCUT2D eigenvalue weighted by Crippen LogP contribution is -2.40. The van der Waals surface area contributed by atoms with Gasteiger partial charge < -0.3 is 57.2 Å². The standard InChI is InChI=1S/2C18H28O.C17H26O2.C16H23FO.C16H25NO.C15H21NO2.C15H23NO.C15H22O2/c1-17(2,3)16-8-6-7-14(12-16)11-15-9-10-19-18(4,5)13-15;1-14(16-8-10-19-11-9-16)12-15-6-5-7-17(13-15)18(2,3)4;1-17(2,3)15-10-14(11-16(12-15)18-4)9-13-5-7-19-8-6-13;1-16(2,3)14-11-13(4-5-15(14)17)10-12-6-8-18-9-7-12;1-16(2,3)13-6-5-7-15(12-13)17(4)14-8-10-18-11-9-14;1-15(2,3)13-6-4-5-12(11-13)14(17)16-7-9-18-10-8-16;1-15(2,3)14-11-13(4-7-16-14)10-12-5-8-17-9-6-12;1-15(2,3)12-4-6-13(7-5-12)17-14-8-10-16-11-9-14/h6-8,12,15H,9-11,13H2,1-5H3;5-7,13-14,16H,8-12H2,1-4H3;10-13H,5-9H2,1-4H3;4-5,11-12H,6-10H2,1-3H3;5-7,12,14H,8-11H2,1-4H3;4-6,11H,7-10H2,1-3H3;4,7,11-12H,5-6,8-10H2,1-3H3;4-7,14H,8-11H2,1-3H3. The maximum absolute atomic E-state index is 13.8. The van der Waals surface area contributed by atoms with Crippen LogP contribution < -0.4 is 14.4 Å². The summed E-state index contributed by atoms with van der Waals surface area (Å²) in [5.74, 6) is 6.59. The summed E-state index contributed by atoms with van der Waals surface area (Å²) in [7, 11) is 3.96. The van der Waals surface area contributed by atoms with Crippen LogP contribution in [-0.2, 0) is 113 Å². The fourth-order valence-electron chi connectivity index (χ4n) is 20.0. The van der Waals surface area contributed by atoms with Crippen molar-refractivity contribution in [2.75, 3.05) is 131 Å². The van der Waals surface area contributed by atoms with Crippen LogP contribution in [0.15, 0.2) is 176 Å². The summed E-state index contributed by atoms with van der Waals surface area (Å²) >= 11 is 0. The third-order valence-corrected chi connectivity index (χ3v) is 30.0. The number of halogens is 1. The van der Waals surface area contributed by atoms with Crippen LogP contribution in [0.3, 0.4) is 0 Å². The van der Waals surface area contributed by atoms with E-state index >= 15 is 0 Å². The fraction of sp³-hybridized carbons (Fsp3) is 0.631. The van der Waals surface area contributed by atoms with Crippen molar-refractivity contribution in [2.24, 2.45) is 35.5 Å². The van der Waals surface area contributed by atoms with Crippen molar-refractivity contribution in [3.63, 3.8) is 0 Å². The molecule has 8 fully saturated rings. The zero-order valence-corrected chi connectivity index (χ0v) is 96.0. The van der Waals surface area contributed by atoms with E-state index in [4.69, 9.17) is 47.4 Å². The first kappa shape index (κ1) is 121. The molecule has 804 valence electrons. The van der Waals surface area contributed by atoms with Gasteiger partial charge in [0, 0.05) is 140 Å². The van der Waals surface area contributed by atoms with Crippen LogP contribution in [0.4, 0.5) is 10.1 Å². The number of benzene rings is 7. The van der Waals surface area contributed by atoms with E-state index in [0.29, 0.717) is 44.4 Å². The lowest BCUT2D eigenvalue weighted by molar-refractivity contribution is -0.0721. The Balaban J connectivity index is 0.000000185. The van der Waals surface area contributed by atoms with Gasteiger partial charge in [0.15, 0.2) is 0 Å². The average molecular weight is 2000 g/mol. The minimum Gasteiger partial charge on any atom is -0.497 e. The summed E-state index contributed by atoms with van der Waals surface area (Å²) in [5.41, 5.74) is 20.6. The lowest BCUT2D eigenvalue weighted by Gasteiger charge is -2.35. The summed E-state index contributed by atoms with van der Waals surface area (Å²) in [6.45, 7) is 74.4. The number of methoxy groups -OCH3 is 1. The predicted octanol–water partition coefficient (Wildman–Crippen LogP) is 30.3. The first-order valence-electron chi connectivity index (χ1n) is 55.6. The highest BCUT2D eigenvalue weighted by Crippen LogP contribution is 2.39. The molecule has 15 heteroatoms. The number of carbonyl (C=O) groups is 1. The topological polar surface area (TPSA) is 129 Å². The Morgan fingerprint density at radius 3 is 1.30 bits per heavy atom. The Kier molecular flexibility index (Phi) is 47.3. The number of ether oxygens (including phenoxy) is 10. The van der Waals surface area contributed by atoms with Crippen molar-refractivity contribution in [1.29, 1.82) is 0 Å². The Morgan fingerprint density at radius 1 is 0.393 bits per heavy atom. The number of amides is 1. The van der Waals surface area contributed by atoms with Gasteiger partial charge >= 0.3 is 0 Å². The molecular weight excluding hydrogens is 1800 g/mol. The van der Waals surface area contributed by atoms with Gasteiger partial charge in [0.2, 0.25) is 0 Å². The Morgan fingerprint density at radius 2 is 0.807 bits per heavy atom. The minimum absolute atomic E-state index is 0.0601. The van der Waals surface area contributed by atoms with E-state index in [9.17, 15) is 9.18 Å². The quantitative estimate of drug-likeness (QED) is 0.0858. The van der Waals surface area contributed by atoms with E-state index in [-0.39, 0.29) is 60.6 Å². The van der Waals surface area contributed by atoms with Crippen molar-refractivity contribution in [1.82, 2.24) is 9.88 Å². The van der Waals surface area contributed by atoms with Crippen LogP contribution in [0.25, 0.3) is 0 Å². The molecule has 7 aromatic carbocycles. The molecule has 145 heavy (non-hydrogen) atoms. The Labute approximate surface area is 880 Å². The van der Waals surface area contributed by atoms with Gasteiger partial charge in [0.05, 0.1) is 39.1 Å². The number of aromatic nitrogens is 1. The third kappa shape index (κ3) is 42.9. The first-order valence-corrected chi connectivity index (χ1v) is 55.6. The second kappa shape index (κ2) is 56.9. The second-order valence-electron chi connectivity index (χ2n) is 51.4. The number of rotatable bonds is 17. The van der Waals surface area contributed by atoms with Gasteiger partial charge in [-0.25, -0.2) is 4.39 Å². The number of anilines is 1. The van der Waals surface area contributed by atoms with E-state index in [2.05, 4.69) is 337 Å². The van der Waals surface area contributed by atoms with Gasteiger partial charge in [-0.15, -0.1) is 0 Å². The smallest absolute Gasteiger partial charge is 0.254 e. The van der Waals surface area contributed by atoms with Gasteiger partial charge in [0.1, 0.15) is 23.4 Å². The normalized spacial score (nSPS) is 18.7. The van der Waals surface area contributed by atoms with Crippen LogP contribution >= 0.6 is 0 Å². The molecule has 0 radical (unpaired) electrons. The van der Waals surface area contributed by atoms with Gasteiger partial charge in [-0.2, -0.15) is 0 Å². The van der Waals surface area contributed by atoms with Crippen molar-refractivity contribution in [3.05, 3.63) is 260 Å². The highest BCUT2D eigenvalue weighted by Gasteiger charge is 2.32. The molecule has 8 aromatic rings. The Bertz CT molecular complexity index is 5060. The van der Waals surface area contributed by atoms with Crippen LogP contribution in [-0.4, -0.2) is 160 Å². The zero-order chi connectivity index (χ0) is 106. The fourth-order valence-corrected chi connectivity index (χ4v) is 20.0. The molecule has 8 aliphatic heterocycles. The number of pyridine rings is 1. The molecular formula is C130H196FN3O11. The number of hydrogen-bond donors (Lipinski definition) is 0. The lowest BCUT2D eigenvalue weighted by atomic mass is 9.81. The maximum Gasteiger partial charge on any atom is 0.254 e. The molecule has 1 aromatic heterocycles. The van der Waals surface area contributed by atoms with Crippen molar-refractivity contribution >= 4 is 11.6 Å². The van der Waals surface area contributed by atoms with Crippen LogP contribution in [0.5, 0.6) is 11.5 Å². The van der Waals surface area contributed by atoms with Gasteiger partial charge in [0.25, 0.3) is 5.91 Å². The van der Waals surface area contributed by atoms with E-state index in [1.54, 1.807) is 13.2 Å². The van der Waals surface area contributed by atoms with Crippen molar-refractivity contribution < 1.29 is 56.6 Å². The number of nitrogens with zero attached hydrogens (tertiary/aromatic N) is 3. The maximum atomic E-state index is 13.8. The van der Waals surface area contributed by atoms with Gasteiger partial charge in [-0.1, -0.05) is 276 Å². The van der Waals surface area contributed by atoms with E-state index < -0.39 is 0 Å². The molecule has 0 N–H and O–H groups in total. The van der Waals surface area contributed by atoms with E-state index in [1.807, 2.05) is 41.4 Å². The molecule has 9 heterocycles. The largest absolute Gasteiger partial charge is 0.497 e. The van der Waals surface area contributed by atoms with Crippen LogP contribution in [0, 0.1) is 41.3 Å². The number of carbonyl (C=O) groups excluding carboxylic acids is 1. The second-order valence-corrected chi connectivity index (χ2v) is 51.4. The van der Waals surface area contributed by atoms with Crippen molar-refractivity contribution in [2.45, 2.75) is 370 Å². The molecule has 0 spiro atoms. The van der Waals surface area contributed by atoms with E-state index in [1.165, 1.54) is 143 Å². The molecule has 14 nitrogen and oxygen atoms in total. The highest BCUT2D eigenvalue weighted by molar-refractivity contribution is 5.94. The summed E-state index contributed by atoms with van der Waals surface area (Å²) in [6.07, 6.45) is 24.2. The molecule has 8 saturated heterocycles. The first-order chi connectivity index (χ1) is 68.3. The molecule has 2 unspecified atom stereocenters. The predicted molar refractivity (Wildman–Crippen MR) is 603 cm³/mol. The van der Waals surface area contributed by atoms with Gasteiger partial charge in [-0.05, 0) is 330 Å². The molecule has 1 amide bonds.